The Kier molecular flexibility index (Phi) is 2.26. The first-order valence-electron chi connectivity index (χ1n) is 4.53. The smallest absolute Gasteiger partial charge is 0.151 e. The molecule has 2 rings (SSSR count). The minimum Gasteiger partial charge on any atom is -0.322 e. The zero-order valence-electron chi connectivity index (χ0n) is 7.57. The molecule has 72 valence electrons. The number of nitrogens with zero attached hydrogens (tertiary/aromatic N) is 3. The lowest BCUT2D eigenvalue weighted by Gasteiger charge is -2.19. The Labute approximate surface area is 82.1 Å². The van der Waals surface area contributed by atoms with Gasteiger partial charge in [-0.2, -0.15) is 0 Å². The summed E-state index contributed by atoms with van der Waals surface area (Å²) in [4.78, 5) is 0. The minimum atomic E-state index is -0.0665. The van der Waals surface area contributed by atoms with E-state index in [2.05, 4.69) is 10.2 Å². The Balaban J connectivity index is 2.41. The van der Waals surface area contributed by atoms with Gasteiger partial charge in [0.1, 0.15) is 5.82 Å². The molecule has 0 spiro atoms. The molecule has 2 atom stereocenters. The van der Waals surface area contributed by atoms with Gasteiger partial charge in [0.05, 0.1) is 11.4 Å². The van der Waals surface area contributed by atoms with Crippen molar-refractivity contribution in [3.63, 3.8) is 0 Å². The van der Waals surface area contributed by atoms with Crippen LogP contribution in [-0.2, 0) is 6.54 Å². The molecule has 5 heteroatoms. The second-order valence-corrected chi connectivity index (χ2v) is 3.99. The molecule has 1 aromatic rings. The minimum absolute atomic E-state index is 0.00810. The Morgan fingerprint density at radius 1 is 1.62 bits per heavy atom. The van der Waals surface area contributed by atoms with Crippen LogP contribution in [0.4, 0.5) is 0 Å². The predicted octanol–water partition coefficient (Wildman–Crippen LogP) is 1.37. The van der Waals surface area contributed by atoms with Gasteiger partial charge in [-0.15, -0.1) is 21.8 Å². The largest absolute Gasteiger partial charge is 0.322 e. The number of fused-ring (bicyclic) bond motifs is 1. The number of halogens is 1. The molecule has 0 fully saturated rings. The highest BCUT2D eigenvalue weighted by atomic mass is 35.5. The highest BCUT2D eigenvalue weighted by Crippen LogP contribution is 2.30. The van der Waals surface area contributed by atoms with Crippen LogP contribution in [0.25, 0.3) is 0 Å². The Bertz CT molecular complexity index is 294. The van der Waals surface area contributed by atoms with Crippen LogP contribution < -0.4 is 5.73 Å². The van der Waals surface area contributed by atoms with Crippen molar-refractivity contribution in [2.45, 2.75) is 37.7 Å². The van der Waals surface area contributed by atoms with E-state index in [1.54, 1.807) is 0 Å². The van der Waals surface area contributed by atoms with E-state index in [1.807, 2.05) is 11.5 Å². The van der Waals surface area contributed by atoms with Crippen molar-refractivity contribution in [1.29, 1.82) is 0 Å². The second kappa shape index (κ2) is 3.27. The Hall–Kier alpha value is -0.610. The van der Waals surface area contributed by atoms with Gasteiger partial charge in [-0.25, -0.2) is 0 Å². The zero-order chi connectivity index (χ0) is 9.42. The van der Waals surface area contributed by atoms with Gasteiger partial charge in [0.15, 0.2) is 5.82 Å². The van der Waals surface area contributed by atoms with Crippen LogP contribution in [0.2, 0.25) is 0 Å². The molecule has 0 aromatic carbocycles. The quantitative estimate of drug-likeness (QED) is 0.697. The van der Waals surface area contributed by atoms with Crippen LogP contribution >= 0.6 is 11.6 Å². The summed E-state index contributed by atoms with van der Waals surface area (Å²) in [6.45, 7) is 2.86. The summed E-state index contributed by atoms with van der Waals surface area (Å²) < 4.78 is 2.05. The van der Waals surface area contributed by atoms with Gasteiger partial charge in [0, 0.05) is 6.54 Å². The molecule has 0 saturated heterocycles. The number of nitrogens with two attached hydrogens (primary N) is 1. The van der Waals surface area contributed by atoms with E-state index in [1.165, 1.54) is 0 Å². The van der Waals surface area contributed by atoms with Crippen molar-refractivity contribution in [1.82, 2.24) is 14.8 Å². The van der Waals surface area contributed by atoms with Gasteiger partial charge in [-0.3, -0.25) is 0 Å². The Morgan fingerprint density at radius 2 is 2.38 bits per heavy atom. The van der Waals surface area contributed by atoms with Crippen LogP contribution in [0.5, 0.6) is 0 Å². The first-order chi connectivity index (χ1) is 6.20. The van der Waals surface area contributed by atoms with Crippen molar-refractivity contribution in [3.05, 3.63) is 11.6 Å². The summed E-state index contributed by atoms with van der Waals surface area (Å²) in [5, 5.41) is 8.12. The molecule has 0 aliphatic carbocycles. The molecule has 0 saturated carbocycles. The first-order valence-corrected chi connectivity index (χ1v) is 4.96. The Morgan fingerprint density at radius 3 is 3.08 bits per heavy atom. The summed E-state index contributed by atoms with van der Waals surface area (Å²) in [5.41, 5.74) is 5.76. The molecule has 0 bridgehead atoms. The van der Waals surface area contributed by atoms with Gasteiger partial charge >= 0.3 is 0 Å². The molecule has 1 aliphatic rings. The molecule has 13 heavy (non-hydrogen) atoms. The zero-order valence-corrected chi connectivity index (χ0v) is 8.33. The highest BCUT2D eigenvalue weighted by Gasteiger charge is 2.24. The summed E-state index contributed by atoms with van der Waals surface area (Å²) in [5.74, 6) is 1.72. The van der Waals surface area contributed by atoms with Gasteiger partial charge in [0.25, 0.3) is 0 Å². The lowest BCUT2D eigenvalue weighted by Crippen LogP contribution is -2.19. The van der Waals surface area contributed by atoms with E-state index in [4.69, 9.17) is 17.3 Å². The fourth-order valence-corrected chi connectivity index (χ4v) is 2.00. The maximum Gasteiger partial charge on any atom is 0.151 e. The monoisotopic (exact) mass is 200 g/mol. The number of alkyl halides is 1. The average Bonchev–Trinajstić information content (AvgIpc) is 2.48. The fraction of sp³-hybridized carbons (Fsp3) is 0.750. The van der Waals surface area contributed by atoms with Gasteiger partial charge in [0.2, 0.25) is 0 Å². The third-order valence-corrected chi connectivity index (χ3v) is 2.75. The van der Waals surface area contributed by atoms with Gasteiger partial charge < -0.3 is 10.3 Å². The topological polar surface area (TPSA) is 56.7 Å². The third-order valence-electron chi connectivity index (χ3n) is 2.33. The van der Waals surface area contributed by atoms with Crippen molar-refractivity contribution in [2.75, 3.05) is 0 Å². The maximum absolute atomic E-state index is 6.10. The van der Waals surface area contributed by atoms with Crippen molar-refractivity contribution in [3.8, 4) is 0 Å². The molecule has 4 nitrogen and oxygen atoms in total. The van der Waals surface area contributed by atoms with Crippen LogP contribution in [0, 0.1) is 0 Å². The number of rotatable bonds is 1. The van der Waals surface area contributed by atoms with Crippen LogP contribution in [-0.4, -0.2) is 14.8 Å². The van der Waals surface area contributed by atoms with E-state index >= 15 is 0 Å². The summed E-state index contributed by atoms with van der Waals surface area (Å²) in [7, 11) is 0. The number of aromatic nitrogens is 3. The van der Waals surface area contributed by atoms with Gasteiger partial charge in [-0.1, -0.05) is 0 Å². The number of hydrogen-bond acceptors (Lipinski definition) is 3. The van der Waals surface area contributed by atoms with E-state index < -0.39 is 0 Å². The van der Waals surface area contributed by atoms with Crippen molar-refractivity contribution in [2.24, 2.45) is 5.73 Å². The van der Waals surface area contributed by atoms with E-state index in [9.17, 15) is 0 Å². The van der Waals surface area contributed by atoms with Crippen molar-refractivity contribution < 1.29 is 0 Å². The highest BCUT2D eigenvalue weighted by molar-refractivity contribution is 6.20. The third kappa shape index (κ3) is 1.44. The normalized spacial score (nSPS) is 24.1. The van der Waals surface area contributed by atoms with E-state index in [0.29, 0.717) is 0 Å². The molecule has 1 aliphatic heterocycles. The summed E-state index contributed by atoms with van der Waals surface area (Å²) in [6.07, 6.45) is 2.07. The van der Waals surface area contributed by atoms with E-state index in [-0.39, 0.29) is 11.4 Å². The lowest BCUT2D eigenvalue weighted by molar-refractivity contribution is 0.487. The first kappa shape index (κ1) is 8.97. The molecule has 2 N–H and O–H groups in total. The molecule has 2 unspecified atom stereocenters. The van der Waals surface area contributed by atoms with E-state index in [0.717, 1.165) is 31.0 Å². The molecular weight excluding hydrogens is 188 g/mol. The standard InChI is InChI=1S/C8H13ClN4/c1-5(10)7-11-12-8-6(9)3-2-4-13(7)8/h5-6H,2-4,10H2,1H3. The lowest BCUT2D eigenvalue weighted by atomic mass is 10.1. The number of hydrogen-bond donors (Lipinski definition) is 1. The average molecular weight is 201 g/mol. The fourth-order valence-electron chi connectivity index (χ4n) is 1.68. The molecule has 2 heterocycles. The molecule has 0 radical (unpaired) electrons. The summed E-state index contributed by atoms with van der Waals surface area (Å²) >= 11 is 6.10. The SMILES string of the molecule is CC(N)c1nnc2n1CCCC2Cl. The second-order valence-electron chi connectivity index (χ2n) is 3.47. The molecule has 1 aromatic heterocycles. The van der Waals surface area contributed by atoms with Crippen LogP contribution in [0.15, 0.2) is 0 Å². The van der Waals surface area contributed by atoms with Crippen molar-refractivity contribution >= 4 is 11.6 Å². The van der Waals surface area contributed by atoms with Crippen LogP contribution in [0.1, 0.15) is 42.8 Å². The maximum atomic E-state index is 6.10. The molecule has 0 amide bonds. The predicted molar refractivity (Wildman–Crippen MR) is 50.5 cm³/mol. The summed E-state index contributed by atoms with van der Waals surface area (Å²) in [6, 6.07) is -0.0665. The van der Waals surface area contributed by atoms with Crippen LogP contribution in [0.3, 0.4) is 0 Å². The van der Waals surface area contributed by atoms with Gasteiger partial charge in [-0.05, 0) is 19.8 Å². The molecular formula is C8H13ClN4.